The molecule has 3 N–H and O–H groups in total. The number of nitrogens with zero attached hydrogens (tertiary/aromatic N) is 3. The Kier molecular flexibility index (Phi) is 7.18. The van der Waals surface area contributed by atoms with Gasteiger partial charge in [0.05, 0.1) is 11.1 Å². The van der Waals surface area contributed by atoms with Gasteiger partial charge in [0.2, 0.25) is 10.0 Å². The van der Waals surface area contributed by atoms with Crippen molar-refractivity contribution < 1.29 is 13.2 Å². The van der Waals surface area contributed by atoms with E-state index in [1.807, 2.05) is 12.1 Å². The number of anilines is 2. The minimum Gasteiger partial charge on any atom is -0.368 e. The van der Waals surface area contributed by atoms with Crippen LogP contribution >= 0.6 is 0 Å². The number of primary sulfonamides is 1. The monoisotopic (exact) mass is 491 g/mol. The Labute approximate surface area is 206 Å². The zero-order valence-electron chi connectivity index (χ0n) is 19.8. The SMILES string of the molecule is Cc1ccc(N2CCN(c3ccc(/C=N/NC(=O)c4ccc(S(N)(=O)=O)cc4)cc3)CC2)c(C)c1. The molecule has 9 heteroatoms. The van der Waals surface area contributed by atoms with E-state index in [2.05, 4.69) is 64.5 Å². The van der Waals surface area contributed by atoms with Gasteiger partial charge in [-0.05, 0) is 67.4 Å². The summed E-state index contributed by atoms with van der Waals surface area (Å²) in [6.45, 7) is 8.12. The quantitative estimate of drug-likeness (QED) is 0.407. The molecule has 182 valence electrons. The van der Waals surface area contributed by atoms with Crippen LogP contribution in [0.15, 0.2) is 76.7 Å². The molecule has 1 fully saturated rings. The maximum absolute atomic E-state index is 12.2. The highest BCUT2D eigenvalue weighted by molar-refractivity contribution is 7.89. The van der Waals surface area contributed by atoms with E-state index in [1.54, 1.807) is 6.21 Å². The van der Waals surface area contributed by atoms with E-state index in [9.17, 15) is 13.2 Å². The topological polar surface area (TPSA) is 108 Å². The summed E-state index contributed by atoms with van der Waals surface area (Å²) in [4.78, 5) is 17.0. The van der Waals surface area contributed by atoms with Crippen LogP contribution < -0.4 is 20.4 Å². The third-order valence-corrected chi connectivity index (χ3v) is 6.98. The molecule has 35 heavy (non-hydrogen) atoms. The first-order chi connectivity index (χ1) is 16.7. The van der Waals surface area contributed by atoms with Crippen LogP contribution in [-0.2, 0) is 10.0 Å². The molecule has 1 amide bonds. The van der Waals surface area contributed by atoms with Crippen LogP contribution in [0.5, 0.6) is 0 Å². The van der Waals surface area contributed by atoms with Gasteiger partial charge < -0.3 is 9.80 Å². The number of amides is 1. The third kappa shape index (κ3) is 6.06. The number of sulfonamides is 1. The van der Waals surface area contributed by atoms with Crippen LogP contribution in [0.25, 0.3) is 0 Å². The second-order valence-electron chi connectivity index (χ2n) is 8.62. The van der Waals surface area contributed by atoms with Crippen molar-refractivity contribution in [1.82, 2.24) is 5.43 Å². The second kappa shape index (κ2) is 10.3. The van der Waals surface area contributed by atoms with Crippen molar-refractivity contribution in [2.24, 2.45) is 10.2 Å². The van der Waals surface area contributed by atoms with Crippen LogP contribution in [0.2, 0.25) is 0 Å². The lowest BCUT2D eigenvalue weighted by Crippen LogP contribution is -2.46. The number of nitrogens with one attached hydrogen (secondary N) is 1. The molecule has 1 heterocycles. The van der Waals surface area contributed by atoms with Crippen LogP contribution in [0, 0.1) is 13.8 Å². The maximum Gasteiger partial charge on any atom is 0.271 e. The number of piperazine rings is 1. The molecule has 3 aromatic carbocycles. The number of benzene rings is 3. The number of nitrogens with two attached hydrogens (primary N) is 1. The molecule has 1 aliphatic rings. The molecule has 0 atom stereocenters. The molecule has 1 aliphatic heterocycles. The first-order valence-corrected chi connectivity index (χ1v) is 12.9. The molecule has 3 aromatic rings. The summed E-state index contributed by atoms with van der Waals surface area (Å²) in [5, 5.41) is 9.07. The fourth-order valence-corrected chi connectivity index (χ4v) is 4.68. The van der Waals surface area contributed by atoms with Crippen molar-refractivity contribution in [3.8, 4) is 0 Å². The molecule has 0 aliphatic carbocycles. The molecule has 0 unspecified atom stereocenters. The summed E-state index contributed by atoms with van der Waals surface area (Å²) in [6, 6.07) is 20.0. The Morgan fingerprint density at radius 1 is 0.914 bits per heavy atom. The zero-order chi connectivity index (χ0) is 25.0. The Morgan fingerprint density at radius 3 is 2.14 bits per heavy atom. The van der Waals surface area contributed by atoms with E-state index >= 15 is 0 Å². The highest BCUT2D eigenvalue weighted by atomic mass is 32.2. The van der Waals surface area contributed by atoms with Crippen LogP contribution in [0.1, 0.15) is 27.0 Å². The number of rotatable bonds is 6. The largest absolute Gasteiger partial charge is 0.368 e. The van der Waals surface area contributed by atoms with E-state index in [0.717, 1.165) is 37.4 Å². The van der Waals surface area contributed by atoms with Gasteiger partial charge in [0, 0.05) is 43.1 Å². The minimum atomic E-state index is -3.80. The number of hydrazone groups is 1. The molecule has 0 spiro atoms. The van der Waals surface area contributed by atoms with Gasteiger partial charge in [0.1, 0.15) is 0 Å². The van der Waals surface area contributed by atoms with Gasteiger partial charge in [-0.1, -0.05) is 29.8 Å². The molecule has 0 bridgehead atoms. The average Bonchev–Trinajstić information content (AvgIpc) is 2.84. The molecule has 0 saturated carbocycles. The highest BCUT2D eigenvalue weighted by Gasteiger charge is 2.18. The summed E-state index contributed by atoms with van der Waals surface area (Å²) >= 11 is 0. The Morgan fingerprint density at radius 2 is 1.54 bits per heavy atom. The third-order valence-electron chi connectivity index (χ3n) is 6.06. The number of carbonyl (C=O) groups is 1. The van der Waals surface area contributed by atoms with Crippen molar-refractivity contribution in [1.29, 1.82) is 0 Å². The molecule has 8 nitrogen and oxygen atoms in total. The fraction of sp³-hybridized carbons (Fsp3) is 0.231. The molecule has 4 rings (SSSR count). The van der Waals surface area contributed by atoms with Crippen molar-refractivity contribution in [2.45, 2.75) is 18.7 Å². The van der Waals surface area contributed by atoms with Gasteiger partial charge in [-0.25, -0.2) is 19.0 Å². The smallest absolute Gasteiger partial charge is 0.271 e. The average molecular weight is 492 g/mol. The maximum atomic E-state index is 12.2. The molecule has 1 saturated heterocycles. The van der Waals surface area contributed by atoms with E-state index in [1.165, 1.54) is 41.1 Å². The Hall–Kier alpha value is -3.69. The Balaban J connectivity index is 1.30. The zero-order valence-corrected chi connectivity index (χ0v) is 20.6. The van der Waals surface area contributed by atoms with Gasteiger partial charge in [0.15, 0.2) is 0 Å². The normalized spacial score (nSPS) is 14.4. The first-order valence-electron chi connectivity index (χ1n) is 11.3. The lowest BCUT2D eigenvalue weighted by molar-refractivity contribution is 0.0955. The van der Waals surface area contributed by atoms with Crippen molar-refractivity contribution in [2.75, 3.05) is 36.0 Å². The number of carbonyl (C=O) groups excluding carboxylic acids is 1. The van der Waals surface area contributed by atoms with Crippen molar-refractivity contribution in [3.05, 3.63) is 89.0 Å². The molecular weight excluding hydrogens is 462 g/mol. The Bertz CT molecular complexity index is 1330. The summed E-state index contributed by atoms with van der Waals surface area (Å²) in [7, 11) is -3.80. The number of hydrogen-bond acceptors (Lipinski definition) is 6. The van der Waals surface area contributed by atoms with Gasteiger partial charge in [-0.2, -0.15) is 5.10 Å². The summed E-state index contributed by atoms with van der Waals surface area (Å²) in [6.07, 6.45) is 1.57. The predicted molar refractivity (Wildman–Crippen MR) is 140 cm³/mol. The summed E-state index contributed by atoms with van der Waals surface area (Å²) in [5.41, 5.74) is 8.64. The van der Waals surface area contributed by atoms with E-state index in [4.69, 9.17) is 5.14 Å². The van der Waals surface area contributed by atoms with Gasteiger partial charge >= 0.3 is 0 Å². The summed E-state index contributed by atoms with van der Waals surface area (Å²) in [5.74, 6) is -0.444. The standard InChI is InChI=1S/C26H29N5O3S/c1-19-3-12-25(20(2)17-19)31-15-13-30(14-16-31)23-8-4-21(5-9-23)18-28-29-26(32)22-6-10-24(11-7-22)35(27,33)34/h3-12,17-18H,13-16H2,1-2H3,(H,29,32)(H2,27,33,34)/b28-18+. The molecule has 0 radical (unpaired) electrons. The molecular formula is C26H29N5O3S. The number of hydrogen-bond donors (Lipinski definition) is 2. The van der Waals surface area contributed by atoms with Gasteiger partial charge in [-0.15, -0.1) is 0 Å². The second-order valence-corrected chi connectivity index (χ2v) is 10.2. The predicted octanol–water partition coefficient (Wildman–Crippen LogP) is 3.04. The lowest BCUT2D eigenvalue weighted by Gasteiger charge is -2.38. The van der Waals surface area contributed by atoms with E-state index in [0.29, 0.717) is 0 Å². The highest BCUT2D eigenvalue weighted by Crippen LogP contribution is 2.24. The fourth-order valence-electron chi connectivity index (χ4n) is 4.16. The van der Waals surface area contributed by atoms with Crippen LogP contribution in [-0.4, -0.2) is 46.7 Å². The summed E-state index contributed by atoms with van der Waals surface area (Å²) < 4.78 is 22.6. The number of aryl methyl sites for hydroxylation is 2. The van der Waals surface area contributed by atoms with E-state index in [-0.39, 0.29) is 10.5 Å². The van der Waals surface area contributed by atoms with Gasteiger partial charge in [0.25, 0.3) is 5.91 Å². The van der Waals surface area contributed by atoms with Gasteiger partial charge in [-0.3, -0.25) is 4.79 Å². The van der Waals surface area contributed by atoms with Crippen molar-refractivity contribution in [3.63, 3.8) is 0 Å². The van der Waals surface area contributed by atoms with Crippen molar-refractivity contribution >= 4 is 33.5 Å². The van der Waals surface area contributed by atoms with Crippen LogP contribution in [0.4, 0.5) is 11.4 Å². The van der Waals surface area contributed by atoms with E-state index < -0.39 is 15.9 Å². The minimum absolute atomic E-state index is 0.0516. The first kappa shape index (κ1) is 24.4. The van der Waals surface area contributed by atoms with Crippen LogP contribution in [0.3, 0.4) is 0 Å². The molecule has 0 aromatic heterocycles. The lowest BCUT2D eigenvalue weighted by atomic mass is 10.1.